The highest BCUT2D eigenvalue weighted by atomic mass is 32.2. The molecule has 6 atom stereocenters. The lowest BCUT2D eigenvalue weighted by atomic mass is 9.75. The first-order valence-corrected chi connectivity index (χ1v) is 18.7. The lowest BCUT2D eigenvalue weighted by molar-refractivity contribution is -0.255. The molecule has 2 aliphatic heterocycles. The van der Waals surface area contributed by atoms with Crippen LogP contribution in [-0.4, -0.2) is 54.6 Å². The Kier molecular flexibility index (Phi) is 10.6. The van der Waals surface area contributed by atoms with E-state index in [0.717, 1.165) is 36.0 Å². The molecule has 3 fully saturated rings. The molecule has 258 valence electrons. The monoisotopic (exact) mass is 675 g/mol. The Labute approximate surface area is 285 Å². The van der Waals surface area contributed by atoms with Crippen LogP contribution >= 0.6 is 0 Å². The molecule has 9 nitrogen and oxygen atoms in total. The van der Waals surface area contributed by atoms with Crippen LogP contribution in [0, 0.1) is 5.92 Å². The largest absolute Gasteiger partial charge is 0.392 e. The van der Waals surface area contributed by atoms with Crippen LogP contribution in [0.15, 0.2) is 83.8 Å². The Morgan fingerprint density at radius 1 is 0.875 bits per heavy atom. The Balaban J connectivity index is 1.25. The summed E-state index contributed by atoms with van der Waals surface area (Å²) in [5.41, 5.74) is 2.72. The van der Waals surface area contributed by atoms with E-state index in [1.165, 1.54) is 19.3 Å². The molecule has 0 spiro atoms. The standard InChI is InChI=1S/C38H49N3O6S/c1-38(2,3)39-36(43)34-22-19-27-9-7-8-12-33(27)41(34)24-31-23-35(28-15-13-26(25-42)14-16-28)47-37(46-31)29-17-20-30(21-18-29)40-48(44,45)32-10-5-4-6-11-32/h4-6,10-11,13-18,20-21,27,31,33-35,37,40,42H,7-9,12,19,22-25H2,1-3H3,(H,39,43). The second-order valence-corrected chi connectivity index (χ2v) is 16.2. The van der Waals surface area contributed by atoms with Gasteiger partial charge in [-0.3, -0.25) is 14.4 Å². The topological polar surface area (TPSA) is 117 Å². The van der Waals surface area contributed by atoms with E-state index >= 15 is 0 Å². The number of carbonyl (C=O) groups is 1. The third-order valence-electron chi connectivity index (χ3n) is 9.82. The predicted molar refractivity (Wildman–Crippen MR) is 185 cm³/mol. The van der Waals surface area contributed by atoms with Gasteiger partial charge in [-0.2, -0.15) is 0 Å². The zero-order valence-electron chi connectivity index (χ0n) is 28.2. The van der Waals surface area contributed by atoms with E-state index in [-0.39, 0.29) is 41.2 Å². The van der Waals surface area contributed by atoms with Gasteiger partial charge in [0, 0.05) is 35.8 Å². The van der Waals surface area contributed by atoms with E-state index in [1.807, 2.05) is 57.2 Å². The highest BCUT2D eigenvalue weighted by Crippen LogP contribution is 2.42. The number of piperidine rings is 1. The second kappa shape index (κ2) is 14.7. The van der Waals surface area contributed by atoms with Crippen molar-refractivity contribution in [1.82, 2.24) is 10.2 Å². The van der Waals surface area contributed by atoms with Gasteiger partial charge in [-0.1, -0.05) is 67.4 Å². The summed E-state index contributed by atoms with van der Waals surface area (Å²) < 4.78 is 41.8. The first kappa shape index (κ1) is 34.6. The van der Waals surface area contributed by atoms with E-state index in [0.29, 0.717) is 30.6 Å². The number of aliphatic hydroxyl groups excluding tert-OH is 1. The van der Waals surface area contributed by atoms with Crippen molar-refractivity contribution in [2.45, 2.75) is 113 Å². The smallest absolute Gasteiger partial charge is 0.261 e. The molecule has 0 radical (unpaired) electrons. The molecule has 2 heterocycles. The molecule has 2 saturated heterocycles. The van der Waals surface area contributed by atoms with Gasteiger partial charge < -0.3 is 19.9 Å². The quantitative estimate of drug-likeness (QED) is 0.238. The van der Waals surface area contributed by atoms with Crippen molar-refractivity contribution in [3.05, 3.63) is 95.6 Å². The summed E-state index contributed by atoms with van der Waals surface area (Å²) in [6, 6.07) is 23.3. The van der Waals surface area contributed by atoms with Gasteiger partial charge >= 0.3 is 0 Å². The third-order valence-corrected chi connectivity index (χ3v) is 11.2. The number of rotatable bonds is 9. The van der Waals surface area contributed by atoms with Crippen molar-refractivity contribution >= 4 is 21.6 Å². The number of anilines is 1. The fourth-order valence-electron chi connectivity index (χ4n) is 7.52. The number of sulfonamides is 1. The Morgan fingerprint density at radius 2 is 1.56 bits per heavy atom. The van der Waals surface area contributed by atoms with E-state index < -0.39 is 16.3 Å². The molecule has 48 heavy (non-hydrogen) atoms. The number of hydrogen-bond acceptors (Lipinski definition) is 7. The number of nitrogens with zero attached hydrogens (tertiary/aromatic N) is 1. The van der Waals surface area contributed by atoms with Crippen LogP contribution < -0.4 is 10.0 Å². The zero-order valence-corrected chi connectivity index (χ0v) is 29.0. The molecule has 6 rings (SSSR count). The van der Waals surface area contributed by atoms with E-state index in [4.69, 9.17) is 9.47 Å². The maximum atomic E-state index is 13.7. The molecule has 1 amide bonds. The Bertz CT molecular complexity index is 1630. The molecule has 1 aliphatic carbocycles. The number of hydrogen-bond donors (Lipinski definition) is 3. The van der Waals surface area contributed by atoms with E-state index in [9.17, 15) is 18.3 Å². The molecule has 0 bridgehead atoms. The van der Waals surface area contributed by atoms with Gasteiger partial charge in [-0.25, -0.2) is 8.42 Å². The SMILES string of the molecule is CC(C)(C)NC(=O)C1CCC2CCCCC2N1CC1CC(c2ccc(CO)cc2)OC(c2ccc(NS(=O)(=O)c3ccccc3)cc2)O1. The summed E-state index contributed by atoms with van der Waals surface area (Å²) in [6.45, 7) is 6.66. The normalized spacial score (nSPS) is 26.8. The number of nitrogens with one attached hydrogen (secondary N) is 2. The van der Waals surface area contributed by atoms with Crippen LogP contribution in [0.5, 0.6) is 0 Å². The fraction of sp³-hybridized carbons (Fsp3) is 0.500. The molecule has 3 aromatic carbocycles. The molecule has 3 aromatic rings. The maximum absolute atomic E-state index is 13.7. The van der Waals surface area contributed by atoms with Crippen molar-refractivity contribution in [1.29, 1.82) is 0 Å². The molecule has 6 unspecified atom stereocenters. The molecule has 1 saturated carbocycles. The third kappa shape index (κ3) is 8.29. The van der Waals surface area contributed by atoms with Crippen LogP contribution in [-0.2, 0) is 30.9 Å². The van der Waals surface area contributed by atoms with Gasteiger partial charge in [0.05, 0.1) is 29.8 Å². The van der Waals surface area contributed by atoms with Gasteiger partial charge in [0.15, 0.2) is 6.29 Å². The molecule has 0 aromatic heterocycles. The van der Waals surface area contributed by atoms with Crippen molar-refractivity contribution in [2.24, 2.45) is 5.92 Å². The summed E-state index contributed by atoms with van der Waals surface area (Å²) >= 11 is 0. The summed E-state index contributed by atoms with van der Waals surface area (Å²) in [4.78, 5) is 16.3. The van der Waals surface area contributed by atoms with Crippen molar-refractivity contribution in [3.63, 3.8) is 0 Å². The zero-order chi connectivity index (χ0) is 33.9. The van der Waals surface area contributed by atoms with Crippen molar-refractivity contribution in [2.75, 3.05) is 11.3 Å². The Hall–Kier alpha value is -3.28. The minimum atomic E-state index is -3.73. The lowest BCUT2D eigenvalue weighted by Crippen LogP contribution is -2.61. The van der Waals surface area contributed by atoms with Gasteiger partial charge in [0.25, 0.3) is 10.0 Å². The predicted octanol–water partition coefficient (Wildman–Crippen LogP) is 6.46. The van der Waals surface area contributed by atoms with Crippen LogP contribution in [0.3, 0.4) is 0 Å². The first-order chi connectivity index (χ1) is 23.0. The fourth-order valence-corrected chi connectivity index (χ4v) is 8.60. The van der Waals surface area contributed by atoms with Crippen LogP contribution in [0.4, 0.5) is 5.69 Å². The average molecular weight is 676 g/mol. The maximum Gasteiger partial charge on any atom is 0.261 e. The lowest BCUT2D eigenvalue weighted by Gasteiger charge is -2.50. The average Bonchev–Trinajstić information content (AvgIpc) is 3.08. The first-order valence-electron chi connectivity index (χ1n) is 17.3. The number of fused-ring (bicyclic) bond motifs is 1. The number of carbonyl (C=O) groups excluding carboxylic acids is 1. The second-order valence-electron chi connectivity index (χ2n) is 14.5. The number of ether oxygens (including phenoxy) is 2. The van der Waals surface area contributed by atoms with Crippen LogP contribution in [0.25, 0.3) is 0 Å². The minimum absolute atomic E-state index is 0.0317. The van der Waals surface area contributed by atoms with Crippen LogP contribution in [0.1, 0.15) is 94.8 Å². The molecule has 3 N–H and O–H groups in total. The van der Waals surface area contributed by atoms with Gasteiger partial charge in [0.2, 0.25) is 5.91 Å². The number of likely N-dealkylation sites (tertiary alicyclic amines) is 1. The van der Waals surface area contributed by atoms with Crippen molar-refractivity contribution < 1.29 is 27.8 Å². The van der Waals surface area contributed by atoms with Gasteiger partial charge in [-0.05, 0) is 87.8 Å². The van der Waals surface area contributed by atoms with Crippen LogP contribution in [0.2, 0.25) is 0 Å². The van der Waals surface area contributed by atoms with E-state index in [1.54, 1.807) is 42.5 Å². The minimum Gasteiger partial charge on any atom is -0.392 e. The van der Waals surface area contributed by atoms with Crippen molar-refractivity contribution in [3.8, 4) is 0 Å². The van der Waals surface area contributed by atoms with Gasteiger partial charge in [0.1, 0.15) is 0 Å². The highest BCUT2D eigenvalue weighted by Gasteiger charge is 2.44. The number of amides is 1. The highest BCUT2D eigenvalue weighted by molar-refractivity contribution is 7.92. The molecular weight excluding hydrogens is 627 g/mol. The number of aliphatic hydroxyl groups is 1. The Morgan fingerprint density at radius 3 is 2.25 bits per heavy atom. The summed E-state index contributed by atoms with van der Waals surface area (Å²) in [6.07, 6.45) is 6.04. The molecule has 3 aliphatic rings. The molecule has 10 heteroatoms. The number of benzene rings is 3. The summed E-state index contributed by atoms with van der Waals surface area (Å²) in [5, 5.41) is 12.9. The van der Waals surface area contributed by atoms with Gasteiger partial charge in [-0.15, -0.1) is 0 Å². The molecular formula is C38H49N3O6S. The van der Waals surface area contributed by atoms with E-state index in [2.05, 4.69) is 14.9 Å². The summed E-state index contributed by atoms with van der Waals surface area (Å²) in [7, 11) is -3.73. The summed E-state index contributed by atoms with van der Waals surface area (Å²) in [5.74, 6) is 0.668.